The van der Waals surface area contributed by atoms with Crippen molar-refractivity contribution in [1.29, 1.82) is 5.26 Å². The molecule has 3 heterocycles. The van der Waals surface area contributed by atoms with Gasteiger partial charge in [0.25, 0.3) is 0 Å². The van der Waals surface area contributed by atoms with Crippen molar-refractivity contribution in [1.82, 2.24) is 19.3 Å². The summed E-state index contributed by atoms with van der Waals surface area (Å²) in [7, 11) is -3.58. The van der Waals surface area contributed by atoms with Crippen molar-refractivity contribution in [3.63, 3.8) is 0 Å². The summed E-state index contributed by atoms with van der Waals surface area (Å²) in [5.41, 5.74) is 4.46. The Hall–Kier alpha value is -3.28. The third kappa shape index (κ3) is 3.09. The van der Waals surface area contributed by atoms with E-state index in [4.69, 9.17) is 4.98 Å². The molecular weight excluding hydrogens is 410 g/mol. The van der Waals surface area contributed by atoms with Gasteiger partial charge in [-0.25, -0.2) is 18.1 Å². The molecule has 1 N–H and O–H groups in total. The number of nitrogens with one attached hydrogen (secondary N) is 1. The Morgan fingerprint density at radius 1 is 1.13 bits per heavy atom. The summed E-state index contributed by atoms with van der Waals surface area (Å²) in [4.78, 5) is 9.27. The number of allylic oxidation sites excluding steroid dienone is 4. The number of pyridine rings is 2. The lowest BCUT2D eigenvalue weighted by Gasteiger charge is -2.14. The highest BCUT2D eigenvalue weighted by atomic mass is 32.2. The Morgan fingerprint density at radius 3 is 2.52 bits per heavy atom. The zero-order valence-corrected chi connectivity index (χ0v) is 17.4. The first-order valence-electron chi connectivity index (χ1n) is 10.4. The predicted molar refractivity (Wildman–Crippen MR) is 116 cm³/mol. The zero-order chi connectivity index (χ0) is 21.2. The molecule has 8 heteroatoms. The second-order valence-corrected chi connectivity index (χ2v) is 10.0. The van der Waals surface area contributed by atoms with Crippen LogP contribution in [0.3, 0.4) is 0 Å². The number of aromatic nitrogens is 3. The van der Waals surface area contributed by atoms with Crippen LogP contribution >= 0.6 is 0 Å². The van der Waals surface area contributed by atoms with E-state index in [1.54, 1.807) is 12.1 Å². The van der Waals surface area contributed by atoms with Gasteiger partial charge in [0.1, 0.15) is 16.6 Å². The van der Waals surface area contributed by atoms with Gasteiger partial charge in [0.15, 0.2) is 0 Å². The molecule has 0 saturated heterocycles. The van der Waals surface area contributed by atoms with Crippen LogP contribution in [0, 0.1) is 11.3 Å². The molecule has 2 fully saturated rings. The van der Waals surface area contributed by atoms with Crippen LogP contribution in [0.15, 0.2) is 53.7 Å². The number of fused-ring (bicyclic) bond motifs is 1. The fourth-order valence-electron chi connectivity index (χ4n) is 3.93. The molecule has 3 aliphatic rings. The van der Waals surface area contributed by atoms with Crippen LogP contribution in [0.5, 0.6) is 0 Å². The van der Waals surface area contributed by atoms with Crippen molar-refractivity contribution in [2.24, 2.45) is 0 Å². The van der Waals surface area contributed by atoms with Crippen molar-refractivity contribution >= 4 is 26.8 Å². The lowest BCUT2D eigenvalue weighted by atomic mass is 10.1. The smallest absolute Gasteiger partial charge is 0.242 e. The highest BCUT2D eigenvalue weighted by molar-refractivity contribution is 7.89. The molecule has 0 aliphatic heterocycles. The van der Waals surface area contributed by atoms with Gasteiger partial charge in [0.2, 0.25) is 10.0 Å². The van der Waals surface area contributed by atoms with Crippen LogP contribution in [0.2, 0.25) is 0 Å². The molecule has 3 aromatic rings. The summed E-state index contributed by atoms with van der Waals surface area (Å²) >= 11 is 0. The summed E-state index contributed by atoms with van der Waals surface area (Å²) in [5, 5.41) is 10.8. The van der Waals surface area contributed by atoms with Crippen molar-refractivity contribution in [2.75, 3.05) is 0 Å². The molecule has 0 aromatic carbocycles. The van der Waals surface area contributed by atoms with Crippen molar-refractivity contribution in [3.8, 4) is 17.5 Å². The molecular formula is C23H19N5O2S. The molecule has 0 bridgehead atoms. The molecule has 31 heavy (non-hydrogen) atoms. The Bertz CT molecular complexity index is 1430. The summed E-state index contributed by atoms with van der Waals surface area (Å²) in [5.74, 6) is 0.527. The van der Waals surface area contributed by atoms with E-state index in [-0.39, 0.29) is 10.9 Å². The van der Waals surface area contributed by atoms with Crippen LogP contribution in [-0.4, -0.2) is 29.0 Å². The molecule has 3 aromatic heterocycles. The largest absolute Gasteiger partial charge is 0.291 e. The van der Waals surface area contributed by atoms with Crippen LogP contribution in [0.4, 0.5) is 0 Å². The zero-order valence-electron chi connectivity index (χ0n) is 16.6. The molecule has 3 aliphatic carbocycles. The minimum Gasteiger partial charge on any atom is -0.291 e. The number of hydrogen-bond acceptors (Lipinski definition) is 5. The van der Waals surface area contributed by atoms with Crippen LogP contribution in [0.1, 0.15) is 42.7 Å². The predicted octanol–water partition coefficient (Wildman–Crippen LogP) is 3.70. The van der Waals surface area contributed by atoms with E-state index in [9.17, 15) is 13.7 Å². The van der Waals surface area contributed by atoms with Crippen LogP contribution in [-0.2, 0) is 10.0 Å². The second-order valence-electron chi connectivity index (χ2n) is 8.31. The highest BCUT2D eigenvalue weighted by Crippen LogP contribution is 2.43. The lowest BCUT2D eigenvalue weighted by molar-refractivity contribution is 0.580. The maximum absolute atomic E-state index is 12.5. The van der Waals surface area contributed by atoms with Gasteiger partial charge in [0, 0.05) is 29.5 Å². The summed E-state index contributed by atoms with van der Waals surface area (Å²) < 4.78 is 29.6. The number of nitrogens with zero attached hydrogens (tertiary/aromatic N) is 4. The van der Waals surface area contributed by atoms with E-state index in [1.165, 1.54) is 6.20 Å². The third-order valence-corrected chi connectivity index (χ3v) is 7.48. The Balaban J connectivity index is 1.51. The molecule has 154 valence electrons. The first kappa shape index (κ1) is 18.5. The fourth-order valence-corrected chi connectivity index (χ4v) is 5.18. The fraction of sp³-hybridized carbons (Fsp3) is 0.261. The van der Waals surface area contributed by atoms with Crippen LogP contribution < -0.4 is 4.72 Å². The number of sulfonamides is 1. The highest BCUT2D eigenvalue weighted by Gasteiger charge is 2.30. The first-order chi connectivity index (χ1) is 15.0. The average Bonchev–Trinajstić information content (AvgIpc) is 3.65. The topological polar surface area (TPSA) is 101 Å². The van der Waals surface area contributed by atoms with E-state index >= 15 is 0 Å². The molecule has 0 atom stereocenters. The molecule has 0 spiro atoms. The van der Waals surface area contributed by atoms with E-state index < -0.39 is 10.0 Å². The number of hydrogen-bond donors (Lipinski definition) is 1. The standard InChI is InChI=1S/C23H19N5O2S/c24-11-20-19-10-15(14-4-5-14)12-26-23(19)28(17-2-1-3-17)22(20)21-9-8-18(13-25-21)31(29,30)27-16-6-7-16/h1-3,8-10,12-14,16,27H,4-7H2. The van der Waals surface area contributed by atoms with Gasteiger partial charge in [-0.1, -0.05) is 6.08 Å². The average molecular weight is 430 g/mol. The lowest BCUT2D eigenvalue weighted by Crippen LogP contribution is -2.25. The van der Waals surface area contributed by atoms with Gasteiger partial charge >= 0.3 is 0 Å². The number of nitriles is 1. The van der Waals surface area contributed by atoms with E-state index in [0.29, 0.717) is 28.5 Å². The Kier molecular flexibility index (Phi) is 3.94. The van der Waals surface area contributed by atoms with Gasteiger partial charge in [-0.3, -0.25) is 9.55 Å². The number of rotatable bonds is 6. The monoisotopic (exact) mass is 429 g/mol. The molecule has 7 nitrogen and oxygen atoms in total. The quantitative estimate of drug-likeness (QED) is 0.644. The van der Waals surface area contributed by atoms with Gasteiger partial charge in [0.05, 0.1) is 17.0 Å². The van der Waals surface area contributed by atoms with Gasteiger partial charge < -0.3 is 0 Å². The van der Waals surface area contributed by atoms with Gasteiger partial charge in [-0.15, -0.1) is 0 Å². The van der Waals surface area contributed by atoms with E-state index in [1.807, 2.05) is 29.0 Å². The van der Waals surface area contributed by atoms with Crippen molar-refractivity contribution < 1.29 is 8.42 Å². The maximum Gasteiger partial charge on any atom is 0.242 e. The molecule has 0 radical (unpaired) electrons. The Morgan fingerprint density at radius 2 is 1.94 bits per heavy atom. The van der Waals surface area contributed by atoms with Crippen LogP contribution in [0.25, 0.3) is 28.1 Å². The van der Waals surface area contributed by atoms with E-state index in [2.05, 4.69) is 21.8 Å². The third-order valence-electron chi connectivity index (χ3n) is 5.97. The minimum atomic E-state index is -3.58. The van der Waals surface area contributed by atoms with Crippen molar-refractivity contribution in [2.45, 2.75) is 42.5 Å². The summed E-state index contributed by atoms with van der Waals surface area (Å²) in [6.07, 6.45) is 13.2. The van der Waals surface area contributed by atoms with Gasteiger partial charge in [-0.2, -0.15) is 5.26 Å². The summed E-state index contributed by atoms with van der Waals surface area (Å²) in [6.45, 7) is 0. The van der Waals surface area contributed by atoms with Gasteiger partial charge in [-0.05, 0) is 67.5 Å². The maximum atomic E-state index is 12.5. The second kappa shape index (κ2) is 6.61. The Labute approximate surface area is 179 Å². The minimum absolute atomic E-state index is 0.0291. The van der Waals surface area contributed by atoms with Crippen molar-refractivity contribution in [3.05, 3.63) is 59.9 Å². The molecule has 2 saturated carbocycles. The normalized spacial score (nSPS) is 18.0. The summed E-state index contributed by atoms with van der Waals surface area (Å²) in [6, 6.07) is 7.65. The molecule has 0 amide bonds. The SMILES string of the molecule is N#Cc1c(-c2ccc(S(=O)(=O)NC3CC3)cn2)n(C2=CC=C2)c2ncc(C3CC3)cc12. The van der Waals surface area contributed by atoms with E-state index in [0.717, 1.165) is 42.3 Å². The molecule has 0 unspecified atom stereocenters. The first-order valence-corrected chi connectivity index (χ1v) is 11.9. The molecule has 6 rings (SSSR count).